The Morgan fingerprint density at radius 3 is 2.92 bits per heavy atom. The van der Waals surface area contributed by atoms with Gasteiger partial charge in [0.1, 0.15) is 0 Å². The van der Waals surface area contributed by atoms with Gasteiger partial charge in [0, 0.05) is 31.7 Å². The van der Waals surface area contributed by atoms with Gasteiger partial charge in [0.05, 0.1) is 12.6 Å². The lowest BCUT2D eigenvalue weighted by atomic mass is 9.83. The first-order valence-corrected chi connectivity index (χ1v) is 9.15. The van der Waals surface area contributed by atoms with Crippen molar-refractivity contribution in [2.45, 2.75) is 25.4 Å². The van der Waals surface area contributed by atoms with E-state index in [2.05, 4.69) is 65.1 Å². The molecule has 0 aliphatic carbocycles. The molecular weight excluding hydrogens is 298 g/mol. The highest BCUT2D eigenvalue weighted by atomic mass is 16.5. The number of hydrogen-bond donors (Lipinski definition) is 2. The Balaban J connectivity index is 1.55. The van der Waals surface area contributed by atoms with Crippen molar-refractivity contribution in [3.8, 4) is 0 Å². The van der Waals surface area contributed by atoms with Gasteiger partial charge in [-0.15, -0.1) is 0 Å². The molecule has 0 radical (unpaired) electrons. The van der Waals surface area contributed by atoms with Crippen molar-refractivity contribution < 1.29 is 4.74 Å². The molecule has 2 N–H and O–H groups in total. The van der Waals surface area contributed by atoms with Crippen LogP contribution in [0, 0.1) is 5.92 Å². The lowest BCUT2D eigenvalue weighted by molar-refractivity contribution is 0.0859. The van der Waals surface area contributed by atoms with Crippen molar-refractivity contribution in [1.29, 1.82) is 0 Å². The van der Waals surface area contributed by atoms with E-state index in [0.717, 1.165) is 32.8 Å². The Labute approximate surface area is 144 Å². The van der Waals surface area contributed by atoms with Crippen LogP contribution in [0.25, 0.3) is 10.8 Å². The molecule has 3 unspecified atom stereocenters. The van der Waals surface area contributed by atoms with Crippen LogP contribution >= 0.6 is 0 Å². The predicted octanol–water partition coefficient (Wildman–Crippen LogP) is 2.72. The molecule has 0 saturated carbocycles. The summed E-state index contributed by atoms with van der Waals surface area (Å²) in [6.07, 6.45) is 1.20. The molecule has 0 spiro atoms. The van der Waals surface area contributed by atoms with Gasteiger partial charge >= 0.3 is 0 Å². The fraction of sp³-hybridized carbons (Fsp3) is 0.500. The standard InChI is InChI=1S/C20H27N3O/c1-2-24-13-12-23-11-10-19-18(14-23)20(22-21-19)17-9-5-7-15-6-3-4-8-16(15)17/h3-9,18-22H,2,10-14H2,1H3. The van der Waals surface area contributed by atoms with Crippen molar-refractivity contribution in [3.63, 3.8) is 0 Å². The number of nitrogens with zero attached hydrogens (tertiary/aromatic N) is 1. The maximum atomic E-state index is 5.54. The molecule has 2 aromatic carbocycles. The zero-order valence-electron chi connectivity index (χ0n) is 14.4. The maximum absolute atomic E-state index is 5.54. The minimum Gasteiger partial charge on any atom is -0.380 e. The molecule has 0 bridgehead atoms. The van der Waals surface area contributed by atoms with E-state index < -0.39 is 0 Å². The molecule has 3 atom stereocenters. The number of hydrazine groups is 1. The average molecular weight is 325 g/mol. The molecule has 2 heterocycles. The van der Waals surface area contributed by atoms with Crippen molar-refractivity contribution in [1.82, 2.24) is 15.8 Å². The van der Waals surface area contributed by atoms with Crippen LogP contribution in [0.1, 0.15) is 24.9 Å². The first-order chi connectivity index (χ1) is 11.9. The number of fused-ring (bicyclic) bond motifs is 2. The predicted molar refractivity (Wildman–Crippen MR) is 97.8 cm³/mol. The molecule has 0 amide bonds. The summed E-state index contributed by atoms with van der Waals surface area (Å²) in [5.41, 5.74) is 8.56. The fourth-order valence-electron chi connectivity index (χ4n) is 4.24. The van der Waals surface area contributed by atoms with Crippen LogP contribution in [0.2, 0.25) is 0 Å². The SMILES string of the molecule is CCOCCN1CCC2NNC(c3cccc4ccccc34)C2C1. The summed E-state index contributed by atoms with van der Waals surface area (Å²) in [6, 6.07) is 16.3. The van der Waals surface area contributed by atoms with E-state index in [4.69, 9.17) is 4.74 Å². The second-order valence-electron chi connectivity index (χ2n) is 6.89. The molecule has 2 saturated heterocycles. The normalized spacial score (nSPS) is 27.5. The highest BCUT2D eigenvalue weighted by Crippen LogP contribution is 2.36. The molecule has 2 aliphatic rings. The topological polar surface area (TPSA) is 36.5 Å². The van der Waals surface area contributed by atoms with E-state index in [1.165, 1.54) is 22.8 Å². The van der Waals surface area contributed by atoms with Gasteiger partial charge in [-0.25, -0.2) is 5.43 Å². The Morgan fingerprint density at radius 1 is 1.12 bits per heavy atom. The van der Waals surface area contributed by atoms with Crippen molar-refractivity contribution in [2.24, 2.45) is 5.92 Å². The number of ether oxygens (including phenoxy) is 1. The Morgan fingerprint density at radius 2 is 2.00 bits per heavy atom. The van der Waals surface area contributed by atoms with E-state index in [9.17, 15) is 0 Å². The van der Waals surface area contributed by atoms with E-state index in [1.54, 1.807) is 0 Å². The van der Waals surface area contributed by atoms with E-state index in [0.29, 0.717) is 18.0 Å². The highest BCUT2D eigenvalue weighted by molar-refractivity contribution is 5.86. The number of piperidine rings is 1. The van der Waals surface area contributed by atoms with Crippen molar-refractivity contribution in [3.05, 3.63) is 48.0 Å². The van der Waals surface area contributed by atoms with Crippen LogP contribution in [-0.2, 0) is 4.74 Å². The third kappa shape index (κ3) is 3.07. The fourth-order valence-corrected chi connectivity index (χ4v) is 4.24. The molecule has 4 heteroatoms. The van der Waals surface area contributed by atoms with Gasteiger partial charge in [-0.2, -0.15) is 0 Å². The molecule has 2 fully saturated rings. The molecule has 0 aromatic heterocycles. The molecule has 4 nitrogen and oxygen atoms in total. The summed E-state index contributed by atoms with van der Waals surface area (Å²) in [5.74, 6) is 0.603. The monoisotopic (exact) mass is 325 g/mol. The van der Waals surface area contributed by atoms with E-state index in [-0.39, 0.29) is 0 Å². The summed E-state index contributed by atoms with van der Waals surface area (Å²) in [7, 11) is 0. The summed E-state index contributed by atoms with van der Waals surface area (Å²) in [4.78, 5) is 2.56. The van der Waals surface area contributed by atoms with Gasteiger partial charge in [-0.3, -0.25) is 5.43 Å². The van der Waals surface area contributed by atoms with Gasteiger partial charge in [0.25, 0.3) is 0 Å². The maximum Gasteiger partial charge on any atom is 0.0593 e. The highest BCUT2D eigenvalue weighted by Gasteiger charge is 2.40. The first-order valence-electron chi connectivity index (χ1n) is 9.15. The van der Waals surface area contributed by atoms with Crippen LogP contribution < -0.4 is 10.9 Å². The molecule has 4 rings (SSSR count). The van der Waals surface area contributed by atoms with Gasteiger partial charge in [0.2, 0.25) is 0 Å². The van der Waals surface area contributed by atoms with Gasteiger partial charge in [0.15, 0.2) is 0 Å². The quantitative estimate of drug-likeness (QED) is 0.829. The summed E-state index contributed by atoms with van der Waals surface area (Å²) in [6.45, 7) is 7.04. The summed E-state index contributed by atoms with van der Waals surface area (Å²) in [5, 5.41) is 2.69. The number of hydrogen-bond acceptors (Lipinski definition) is 4. The zero-order valence-corrected chi connectivity index (χ0v) is 14.4. The third-order valence-electron chi connectivity index (χ3n) is 5.51. The summed E-state index contributed by atoms with van der Waals surface area (Å²) < 4.78 is 5.54. The van der Waals surface area contributed by atoms with Gasteiger partial charge in [-0.1, -0.05) is 42.5 Å². The second kappa shape index (κ2) is 7.19. The lowest BCUT2D eigenvalue weighted by Crippen LogP contribution is -2.46. The summed E-state index contributed by atoms with van der Waals surface area (Å²) >= 11 is 0. The average Bonchev–Trinajstić information content (AvgIpc) is 3.04. The Kier molecular flexibility index (Phi) is 4.81. The second-order valence-corrected chi connectivity index (χ2v) is 6.89. The van der Waals surface area contributed by atoms with Crippen LogP contribution in [0.4, 0.5) is 0 Å². The van der Waals surface area contributed by atoms with Crippen molar-refractivity contribution in [2.75, 3.05) is 32.8 Å². The zero-order chi connectivity index (χ0) is 16.4. The Hall–Kier alpha value is -1.46. The molecule has 24 heavy (non-hydrogen) atoms. The van der Waals surface area contributed by atoms with Crippen LogP contribution in [-0.4, -0.2) is 43.8 Å². The first kappa shape index (κ1) is 16.0. The number of likely N-dealkylation sites (tertiary alicyclic amines) is 1. The van der Waals surface area contributed by atoms with Crippen LogP contribution in [0.3, 0.4) is 0 Å². The molecule has 128 valence electrons. The van der Waals surface area contributed by atoms with Gasteiger partial charge < -0.3 is 9.64 Å². The number of benzene rings is 2. The van der Waals surface area contributed by atoms with E-state index in [1.807, 2.05) is 0 Å². The van der Waals surface area contributed by atoms with Crippen molar-refractivity contribution >= 4 is 10.8 Å². The van der Waals surface area contributed by atoms with Crippen LogP contribution in [0.5, 0.6) is 0 Å². The number of nitrogens with one attached hydrogen (secondary N) is 2. The molecule has 2 aliphatic heterocycles. The smallest absolute Gasteiger partial charge is 0.0593 e. The largest absolute Gasteiger partial charge is 0.380 e. The van der Waals surface area contributed by atoms with Gasteiger partial charge in [-0.05, 0) is 36.2 Å². The molecular formula is C20H27N3O. The third-order valence-corrected chi connectivity index (χ3v) is 5.51. The minimum absolute atomic E-state index is 0.371. The molecule has 2 aromatic rings. The minimum atomic E-state index is 0.371. The number of rotatable bonds is 5. The van der Waals surface area contributed by atoms with E-state index >= 15 is 0 Å². The van der Waals surface area contributed by atoms with Crippen LogP contribution in [0.15, 0.2) is 42.5 Å². The lowest BCUT2D eigenvalue weighted by Gasteiger charge is -2.36. The Bertz CT molecular complexity index is 684.